The minimum Gasteiger partial charge on any atom is -0.420 e. The first kappa shape index (κ1) is 22.1. The minimum absolute atomic E-state index is 0.177. The first-order chi connectivity index (χ1) is 15.4. The smallest absolute Gasteiger partial charge is 0.243 e. The fourth-order valence-electron chi connectivity index (χ4n) is 3.48. The van der Waals surface area contributed by atoms with Crippen molar-refractivity contribution in [3.05, 3.63) is 76.3 Å². The Morgan fingerprint density at radius 2 is 1.81 bits per heavy atom. The molecule has 0 N–H and O–H groups in total. The highest BCUT2D eigenvalue weighted by atomic mass is 35.5. The largest absolute Gasteiger partial charge is 0.420 e. The molecule has 0 saturated carbocycles. The zero-order valence-corrected chi connectivity index (χ0v) is 19.0. The number of rotatable bonds is 5. The molecule has 7 nitrogen and oxygen atoms in total. The van der Waals surface area contributed by atoms with Crippen LogP contribution in [0.2, 0.25) is 5.02 Å². The van der Waals surface area contributed by atoms with Crippen molar-refractivity contribution in [2.24, 2.45) is 0 Å². The van der Waals surface area contributed by atoms with Gasteiger partial charge in [-0.15, -0.1) is 0 Å². The van der Waals surface area contributed by atoms with Gasteiger partial charge in [0.05, 0.1) is 4.90 Å². The molecule has 164 valence electrons. The lowest BCUT2D eigenvalue weighted by Crippen LogP contribution is -2.48. The fraction of sp³-hybridized carbons (Fsp3) is 0.217. The fourth-order valence-corrected chi connectivity index (χ4v) is 5.14. The molecule has 4 rings (SSSR count). The Morgan fingerprint density at radius 3 is 2.47 bits per heavy atom. The van der Waals surface area contributed by atoms with E-state index >= 15 is 0 Å². The van der Waals surface area contributed by atoms with E-state index in [0.29, 0.717) is 29.9 Å². The number of oxazole rings is 1. The highest BCUT2D eigenvalue weighted by molar-refractivity contribution is 7.89. The van der Waals surface area contributed by atoms with Gasteiger partial charge in [-0.1, -0.05) is 35.9 Å². The van der Waals surface area contributed by atoms with Crippen LogP contribution >= 0.6 is 11.6 Å². The average Bonchev–Trinajstić information content (AvgIpc) is 3.22. The summed E-state index contributed by atoms with van der Waals surface area (Å²) in [5.41, 5.74) is 1.99. The number of nitriles is 1. The van der Waals surface area contributed by atoms with E-state index < -0.39 is 10.0 Å². The molecule has 32 heavy (non-hydrogen) atoms. The Balaban J connectivity index is 1.47. The minimum atomic E-state index is -3.57. The number of anilines is 1. The first-order valence-corrected chi connectivity index (χ1v) is 11.8. The van der Waals surface area contributed by atoms with Gasteiger partial charge in [0.1, 0.15) is 6.07 Å². The Kier molecular flexibility index (Phi) is 6.33. The molecule has 1 fully saturated rings. The topological polar surface area (TPSA) is 90.4 Å². The summed E-state index contributed by atoms with van der Waals surface area (Å²) in [5.74, 6) is 0.664. The molecule has 9 heteroatoms. The summed E-state index contributed by atoms with van der Waals surface area (Å²) < 4.78 is 33.2. The summed E-state index contributed by atoms with van der Waals surface area (Å²) in [6.45, 7) is 3.24. The summed E-state index contributed by atoms with van der Waals surface area (Å²) >= 11 is 5.90. The Bertz CT molecular complexity index is 1290. The molecule has 0 radical (unpaired) electrons. The third kappa shape index (κ3) is 4.70. The van der Waals surface area contributed by atoms with E-state index in [1.807, 2.05) is 36.1 Å². The summed E-state index contributed by atoms with van der Waals surface area (Å²) in [7, 11) is -3.57. The normalized spacial score (nSPS) is 15.2. The molecule has 2 aromatic carbocycles. The third-order valence-electron chi connectivity index (χ3n) is 5.17. The van der Waals surface area contributed by atoms with Crippen LogP contribution in [0.15, 0.2) is 57.8 Å². The maximum atomic E-state index is 13.0. The number of halogens is 1. The molecular weight excluding hydrogens is 448 g/mol. The van der Waals surface area contributed by atoms with E-state index in [1.54, 1.807) is 36.4 Å². The Morgan fingerprint density at radius 1 is 1.09 bits per heavy atom. The first-order valence-electron chi connectivity index (χ1n) is 10.0. The molecule has 1 saturated heterocycles. The van der Waals surface area contributed by atoms with Crippen molar-refractivity contribution in [3.8, 4) is 6.07 Å². The van der Waals surface area contributed by atoms with E-state index in [9.17, 15) is 13.7 Å². The van der Waals surface area contributed by atoms with Crippen molar-refractivity contribution in [1.82, 2.24) is 9.29 Å². The van der Waals surface area contributed by atoms with Crippen molar-refractivity contribution < 1.29 is 12.8 Å². The lowest BCUT2D eigenvalue weighted by molar-refractivity contribution is 0.373. The van der Waals surface area contributed by atoms with Crippen molar-refractivity contribution in [1.29, 1.82) is 5.26 Å². The third-order valence-corrected chi connectivity index (χ3v) is 7.32. The number of sulfonamides is 1. The number of hydrogen-bond donors (Lipinski definition) is 0. The van der Waals surface area contributed by atoms with Crippen LogP contribution in [0, 0.1) is 18.3 Å². The number of nitrogens with zero attached hydrogens (tertiary/aromatic N) is 4. The van der Waals surface area contributed by atoms with Crippen molar-refractivity contribution in [3.63, 3.8) is 0 Å². The lowest BCUT2D eigenvalue weighted by atomic mass is 10.2. The Hall–Kier alpha value is -3.12. The second-order valence-corrected chi connectivity index (χ2v) is 9.78. The SMILES string of the molecule is Cc1cccc(S(=O)(=O)N2CCN(c3oc(C=Cc4ccc(Cl)cc4)nc3C#N)CC2)c1. The zero-order valence-electron chi connectivity index (χ0n) is 17.4. The maximum Gasteiger partial charge on any atom is 0.243 e. The van der Waals surface area contributed by atoms with Gasteiger partial charge >= 0.3 is 0 Å². The molecule has 1 aliphatic heterocycles. The number of benzene rings is 2. The molecule has 0 spiro atoms. The van der Waals surface area contributed by atoms with E-state index in [2.05, 4.69) is 11.1 Å². The lowest BCUT2D eigenvalue weighted by Gasteiger charge is -2.33. The van der Waals surface area contributed by atoms with Gasteiger partial charge in [-0.3, -0.25) is 0 Å². The van der Waals surface area contributed by atoms with E-state index in [1.165, 1.54) is 4.31 Å². The molecule has 0 aliphatic carbocycles. The standard InChI is InChI=1S/C23H21ClN4O3S/c1-17-3-2-4-20(15-17)32(29,30)28-13-11-27(12-14-28)23-21(16-25)26-22(31-23)10-7-18-5-8-19(24)9-6-18/h2-10,15H,11-14H2,1H3. The number of aromatic nitrogens is 1. The monoisotopic (exact) mass is 468 g/mol. The van der Waals surface area contributed by atoms with Gasteiger partial charge in [-0.2, -0.15) is 14.6 Å². The summed E-state index contributed by atoms with van der Waals surface area (Å²) in [6, 6.07) is 16.2. The highest BCUT2D eigenvalue weighted by Gasteiger charge is 2.30. The average molecular weight is 469 g/mol. The van der Waals surface area contributed by atoms with Gasteiger partial charge in [0.2, 0.25) is 27.5 Å². The highest BCUT2D eigenvalue weighted by Crippen LogP contribution is 2.26. The molecule has 0 amide bonds. The van der Waals surface area contributed by atoms with Gasteiger partial charge in [-0.05, 0) is 48.4 Å². The summed E-state index contributed by atoms with van der Waals surface area (Å²) in [6.07, 6.45) is 3.51. The molecule has 2 heterocycles. The maximum absolute atomic E-state index is 13.0. The van der Waals surface area contributed by atoms with E-state index in [4.69, 9.17) is 16.0 Å². The molecular formula is C23H21ClN4O3S. The van der Waals surface area contributed by atoms with E-state index in [-0.39, 0.29) is 23.7 Å². The van der Waals surface area contributed by atoms with Crippen LogP contribution in [0.25, 0.3) is 12.2 Å². The number of piperazine rings is 1. The van der Waals surface area contributed by atoms with Gasteiger partial charge in [0, 0.05) is 37.3 Å². The van der Waals surface area contributed by atoms with Crippen molar-refractivity contribution >= 4 is 39.7 Å². The van der Waals surface area contributed by atoms with E-state index in [0.717, 1.165) is 11.1 Å². The van der Waals surface area contributed by atoms with Crippen LogP contribution in [0.1, 0.15) is 22.7 Å². The van der Waals surface area contributed by atoms with Crippen LogP contribution in [0.4, 0.5) is 5.88 Å². The zero-order chi connectivity index (χ0) is 22.7. The number of aryl methyl sites for hydroxylation is 1. The second kappa shape index (κ2) is 9.17. The summed E-state index contributed by atoms with van der Waals surface area (Å²) in [5, 5.41) is 10.1. The second-order valence-electron chi connectivity index (χ2n) is 7.41. The predicted octanol–water partition coefficient (Wildman–Crippen LogP) is 4.19. The van der Waals surface area contributed by atoms with Crippen molar-refractivity contribution in [2.45, 2.75) is 11.8 Å². The molecule has 0 atom stereocenters. The van der Waals surface area contributed by atoms with Crippen molar-refractivity contribution in [2.75, 3.05) is 31.1 Å². The molecule has 3 aromatic rings. The van der Waals surface area contributed by atoms with Crippen LogP contribution in [0.3, 0.4) is 0 Å². The van der Waals surface area contributed by atoms with Gasteiger partial charge < -0.3 is 9.32 Å². The van der Waals surface area contributed by atoms with Gasteiger partial charge in [-0.25, -0.2) is 8.42 Å². The van der Waals surface area contributed by atoms with Gasteiger partial charge in [0.15, 0.2) is 0 Å². The molecule has 1 aromatic heterocycles. The van der Waals surface area contributed by atoms with Gasteiger partial charge in [0.25, 0.3) is 0 Å². The Labute approximate surface area is 192 Å². The molecule has 1 aliphatic rings. The molecule has 0 unspecified atom stereocenters. The quantitative estimate of drug-likeness (QED) is 0.557. The van der Waals surface area contributed by atoms with Crippen LogP contribution in [-0.2, 0) is 10.0 Å². The van der Waals surface area contributed by atoms with Crippen LogP contribution in [0.5, 0.6) is 0 Å². The predicted molar refractivity (Wildman–Crippen MR) is 124 cm³/mol. The van der Waals surface area contributed by atoms with Crippen LogP contribution < -0.4 is 4.90 Å². The number of hydrogen-bond acceptors (Lipinski definition) is 6. The molecule has 0 bridgehead atoms. The summed E-state index contributed by atoms with van der Waals surface area (Å²) in [4.78, 5) is 6.39. The van der Waals surface area contributed by atoms with Crippen LogP contribution in [-0.4, -0.2) is 43.9 Å².